The number of nitrogens with one attached hydrogen (secondary N) is 1. The second kappa shape index (κ2) is 5.83. The van der Waals surface area contributed by atoms with Gasteiger partial charge in [-0.1, -0.05) is 18.5 Å². The Bertz CT molecular complexity index is 570. The number of hydrogen-bond donors (Lipinski definition) is 1. The van der Waals surface area contributed by atoms with Crippen LogP contribution in [0.15, 0.2) is 23.0 Å². The monoisotopic (exact) mass is 273 g/mol. The minimum Gasteiger partial charge on any atom is -0.361 e. The zero-order valence-corrected chi connectivity index (χ0v) is 12.4. The van der Waals surface area contributed by atoms with Crippen LogP contribution in [0.5, 0.6) is 0 Å². The van der Waals surface area contributed by atoms with Crippen LogP contribution in [0.2, 0.25) is 0 Å². The molecule has 2 heterocycles. The first-order chi connectivity index (χ1) is 9.76. The molecule has 3 rings (SSSR count). The Balaban J connectivity index is 1.82. The summed E-state index contributed by atoms with van der Waals surface area (Å²) in [4.78, 5) is 0. The number of fused-ring (bicyclic) bond motifs is 1. The molecule has 1 unspecified atom stereocenters. The third kappa shape index (κ3) is 2.80. The van der Waals surface area contributed by atoms with Gasteiger partial charge in [0.1, 0.15) is 11.5 Å². The largest absolute Gasteiger partial charge is 0.361 e. The van der Waals surface area contributed by atoms with Gasteiger partial charge in [0.05, 0.1) is 6.54 Å². The second-order valence-corrected chi connectivity index (χ2v) is 5.70. The molecule has 0 radical (unpaired) electrons. The quantitative estimate of drug-likeness (QED) is 0.870. The summed E-state index contributed by atoms with van der Waals surface area (Å²) in [6, 6.07) is 2.52. The van der Waals surface area contributed by atoms with Gasteiger partial charge in [-0.3, -0.25) is 0 Å². The topological polar surface area (TPSA) is 43.0 Å². The van der Waals surface area contributed by atoms with E-state index in [4.69, 9.17) is 4.52 Å². The van der Waals surface area contributed by atoms with Crippen LogP contribution < -0.4 is 5.32 Å². The maximum atomic E-state index is 5.14. The summed E-state index contributed by atoms with van der Waals surface area (Å²) in [5.74, 6) is 0.874. The maximum Gasteiger partial charge on any atom is 0.133 e. The average Bonchev–Trinajstić information content (AvgIpc) is 2.96. The van der Waals surface area contributed by atoms with Gasteiger partial charge in [0.25, 0.3) is 0 Å². The molecular weight excluding hydrogens is 250 g/mol. The molecule has 0 aromatic carbocycles. The summed E-state index contributed by atoms with van der Waals surface area (Å²) in [6.07, 6.45) is 9.62. The highest BCUT2D eigenvalue weighted by atomic mass is 16.5. The summed E-state index contributed by atoms with van der Waals surface area (Å²) in [5.41, 5.74) is 3.96. The molecule has 4 nitrogen and oxygen atoms in total. The Labute approximate surface area is 120 Å². The van der Waals surface area contributed by atoms with Gasteiger partial charge in [-0.15, -0.1) is 0 Å². The first-order valence-electron chi connectivity index (χ1n) is 7.60. The van der Waals surface area contributed by atoms with Crippen LogP contribution in [0.1, 0.15) is 54.8 Å². The molecule has 0 amide bonds. The highest BCUT2D eigenvalue weighted by Gasteiger charge is 2.20. The number of hydrogen-bond acceptors (Lipinski definition) is 3. The summed E-state index contributed by atoms with van der Waals surface area (Å²) >= 11 is 0. The first kappa shape index (κ1) is 13.4. The summed E-state index contributed by atoms with van der Waals surface area (Å²) < 4.78 is 7.39. The van der Waals surface area contributed by atoms with E-state index in [-0.39, 0.29) is 0 Å². The predicted molar refractivity (Wildman–Crippen MR) is 78.7 cm³/mol. The van der Waals surface area contributed by atoms with Crippen LogP contribution in [0.3, 0.4) is 0 Å². The lowest BCUT2D eigenvalue weighted by Gasteiger charge is -2.15. The minimum absolute atomic E-state index is 0.512. The molecule has 2 aromatic heterocycles. The van der Waals surface area contributed by atoms with E-state index in [0.29, 0.717) is 6.04 Å². The van der Waals surface area contributed by atoms with Crippen molar-refractivity contribution in [2.45, 2.75) is 52.1 Å². The summed E-state index contributed by atoms with van der Waals surface area (Å²) in [7, 11) is 0. The Kier molecular flexibility index (Phi) is 3.92. The van der Waals surface area contributed by atoms with E-state index < -0.39 is 0 Å². The van der Waals surface area contributed by atoms with Gasteiger partial charge in [0.2, 0.25) is 0 Å². The highest BCUT2D eigenvalue weighted by Crippen LogP contribution is 2.29. The lowest BCUT2D eigenvalue weighted by Crippen LogP contribution is -2.20. The number of aryl methyl sites for hydroxylation is 2. The molecule has 0 aliphatic heterocycles. The fraction of sp³-hybridized carbons (Fsp3) is 0.562. The molecule has 0 bridgehead atoms. The minimum atomic E-state index is 0.512. The molecule has 20 heavy (non-hydrogen) atoms. The van der Waals surface area contributed by atoms with Crippen LogP contribution in [0.25, 0.3) is 0 Å². The number of aromatic nitrogens is 2. The molecule has 2 aromatic rings. The van der Waals surface area contributed by atoms with Crippen molar-refractivity contribution in [1.29, 1.82) is 0 Å². The van der Waals surface area contributed by atoms with Crippen LogP contribution in [-0.4, -0.2) is 16.3 Å². The van der Waals surface area contributed by atoms with Crippen molar-refractivity contribution in [2.75, 3.05) is 6.54 Å². The van der Waals surface area contributed by atoms with Gasteiger partial charge in [-0.05, 0) is 43.9 Å². The molecule has 1 atom stereocenters. The first-order valence-corrected chi connectivity index (χ1v) is 7.60. The van der Waals surface area contributed by atoms with Gasteiger partial charge in [0.15, 0.2) is 0 Å². The Hall–Kier alpha value is -1.55. The van der Waals surface area contributed by atoms with Gasteiger partial charge >= 0.3 is 0 Å². The fourth-order valence-corrected chi connectivity index (χ4v) is 3.14. The molecule has 0 fully saturated rings. The maximum absolute atomic E-state index is 5.14. The Morgan fingerprint density at radius 3 is 3.05 bits per heavy atom. The lowest BCUT2D eigenvalue weighted by atomic mass is 10.0. The second-order valence-electron chi connectivity index (χ2n) is 5.70. The van der Waals surface area contributed by atoms with Crippen molar-refractivity contribution in [3.63, 3.8) is 0 Å². The standard InChI is InChI=1S/C16H23N3O/c1-3-17-16-7-5-4-6-13-9-19(11-15(13)16)10-14-8-12(2)20-18-14/h8-9,11,16-17H,3-7,10H2,1-2H3. The lowest BCUT2D eigenvalue weighted by molar-refractivity contribution is 0.389. The summed E-state index contributed by atoms with van der Waals surface area (Å²) in [6.45, 7) is 5.93. The molecule has 0 saturated heterocycles. The zero-order valence-electron chi connectivity index (χ0n) is 12.4. The van der Waals surface area contributed by atoms with Gasteiger partial charge in [-0.2, -0.15) is 0 Å². The highest BCUT2D eigenvalue weighted by molar-refractivity contribution is 5.29. The normalized spacial score (nSPS) is 18.8. The van der Waals surface area contributed by atoms with Crippen LogP contribution in [-0.2, 0) is 13.0 Å². The molecular formula is C16H23N3O. The van der Waals surface area contributed by atoms with E-state index in [1.165, 1.54) is 36.8 Å². The smallest absolute Gasteiger partial charge is 0.133 e. The third-order valence-corrected chi connectivity index (χ3v) is 4.03. The van der Waals surface area contributed by atoms with E-state index in [9.17, 15) is 0 Å². The fourth-order valence-electron chi connectivity index (χ4n) is 3.14. The zero-order chi connectivity index (χ0) is 13.9. The molecule has 1 aliphatic carbocycles. The molecule has 1 aliphatic rings. The van der Waals surface area contributed by atoms with E-state index >= 15 is 0 Å². The Morgan fingerprint density at radius 2 is 2.30 bits per heavy atom. The third-order valence-electron chi connectivity index (χ3n) is 4.03. The SMILES string of the molecule is CCNC1CCCCc2cn(Cc3cc(C)on3)cc21. The number of rotatable bonds is 4. The molecule has 1 N–H and O–H groups in total. The van der Waals surface area contributed by atoms with E-state index in [1.54, 1.807) is 0 Å². The average molecular weight is 273 g/mol. The van der Waals surface area contributed by atoms with Gasteiger partial charge in [-0.25, -0.2) is 0 Å². The molecule has 4 heteroatoms. The van der Waals surface area contributed by atoms with Gasteiger partial charge < -0.3 is 14.4 Å². The predicted octanol–water partition coefficient (Wildman–Crippen LogP) is 3.21. The van der Waals surface area contributed by atoms with Crippen molar-refractivity contribution in [1.82, 2.24) is 15.0 Å². The van der Waals surface area contributed by atoms with E-state index in [1.807, 2.05) is 13.0 Å². The van der Waals surface area contributed by atoms with Gasteiger partial charge in [0, 0.05) is 24.5 Å². The Morgan fingerprint density at radius 1 is 1.40 bits per heavy atom. The van der Waals surface area contributed by atoms with Crippen molar-refractivity contribution < 1.29 is 4.52 Å². The molecule has 0 saturated carbocycles. The molecule has 0 spiro atoms. The van der Waals surface area contributed by atoms with E-state index in [0.717, 1.165) is 24.5 Å². The van der Waals surface area contributed by atoms with Crippen LogP contribution in [0.4, 0.5) is 0 Å². The van der Waals surface area contributed by atoms with E-state index in [2.05, 4.69) is 34.4 Å². The van der Waals surface area contributed by atoms with Crippen LogP contribution >= 0.6 is 0 Å². The molecule has 108 valence electrons. The van der Waals surface area contributed by atoms with Crippen molar-refractivity contribution >= 4 is 0 Å². The summed E-state index contributed by atoms with van der Waals surface area (Å²) in [5, 5.41) is 7.69. The van der Waals surface area contributed by atoms with Crippen molar-refractivity contribution in [3.8, 4) is 0 Å². The number of nitrogens with zero attached hydrogens (tertiary/aromatic N) is 2. The van der Waals surface area contributed by atoms with Crippen molar-refractivity contribution in [2.24, 2.45) is 0 Å². The van der Waals surface area contributed by atoms with Crippen LogP contribution in [0, 0.1) is 6.92 Å². The van der Waals surface area contributed by atoms with Crippen molar-refractivity contribution in [3.05, 3.63) is 41.0 Å².